The fourth-order valence-electron chi connectivity index (χ4n) is 3.10. The van der Waals surface area contributed by atoms with Crippen LogP contribution in [0.3, 0.4) is 0 Å². The number of alkyl halides is 3. The quantitative estimate of drug-likeness (QED) is 0.682. The SMILES string of the molecule is Cn1c(SCc2nc3sc4c(c3c(=O)[nH]2)CCCC4)nnc1C(F)(F)F. The highest BCUT2D eigenvalue weighted by atomic mass is 32.2. The Morgan fingerprint density at radius 2 is 2.04 bits per heavy atom. The molecule has 3 aromatic heterocycles. The number of aromatic amines is 1. The van der Waals surface area contributed by atoms with Gasteiger partial charge in [-0.25, -0.2) is 4.98 Å². The summed E-state index contributed by atoms with van der Waals surface area (Å²) in [6, 6.07) is 0. The van der Waals surface area contributed by atoms with Crippen LogP contribution in [0, 0.1) is 0 Å². The maximum absolute atomic E-state index is 12.8. The van der Waals surface area contributed by atoms with Gasteiger partial charge >= 0.3 is 6.18 Å². The summed E-state index contributed by atoms with van der Waals surface area (Å²) in [7, 11) is 1.26. The van der Waals surface area contributed by atoms with E-state index in [0.29, 0.717) is 16.0 Å². The Bertz CT molecular complexity index is 1040. The van der Waals surface area contributed by atoms with Gasteiger partial charge in [0.15, 0.2) is 5.16 Å². The van der Waals surface area contributed by atoms with Gasteiger partial charge in [0.05, 0.1) is 11.1 Å². The van der Waals surface area contributed by atoms with Crippen LogP contribution in [-0.4, -0.2) is 24.7 Å². The fourth-order valence-corrected chi connectivity index (χ4v) is 5.16. The first kappa shape index (κ1) is 17.5. The van der Waals surface area contributed by atoms with Crippen molar-refractivity contribution in [1.82, 2.24) is 24.7 Å². The van der Waals surface area contributed by atoms with Crippen molar-refractivity contribution in [2.24, 2.45) is 7.05 Å². The van der Waals surface area contributed by atoms with Crippen molar-refractivity contribution in [3.8, 4) is 0 Å². The second-order valence-corrected chi connectivity index (χ2v) is 8.08. The highest BCUT2D eigenvalue weighted by Crippen LogP contribution is 2.34. The topological polar surface area (TPSA) is 76.5 Å². The molecule has 4 rings (SSSR count). The summed E-state index contributed by atoms with van der Waals surface area (Å²) >= 11 is 2.59. The monoisotopic (exact) mass is 401 g/mol. The number of thioether (sulfide) groups is 1. The number of hydrogen-bond acceptors (Lipinski definition) is 6. The third-order valence-corrected chi connectivity index (χ3v) is 6.52. The van der Waals surface area contributed by atoms with Crippen LogP contribution in [0.4, 0.5) is 13.2 Å². The zero-order valence-corrected chi connectivity index (χ0v) is 15.3. The van der Waals surface area contributed by atoms with Gasteiger partial charge in [-0.05, 0) is 31.2 Å². The first-order chi connectivity index (χ1) is 12.3. The van der Waals surface area contributed by atoms with Crippen LogP contribution in [0.25, 0.3) is 10.2 Å². The third kappa shape index (κ3) is 3.02. The molecule has 3 aromatic rings. The Morgan fingerprint density at radius 3 is 2.77 bits per heavy atom. The fraction of sp³-hybridized carbons (Fsp3) is 0.467. The van der Waals surface area contributed by atoms with E-state index in [1.807, 2.05) is 0 Å². The van der Waals surface area contributed by atoms with E-state index in [1.165, 1.54) is 23.3 Å². The molecular formula is C15H14F3N5OS2. The van der Waals surface area contributed by atoms with Gasteiger partial charge in [-0.2, -0.15) is 13.2 Å². The van der Waals surface area contributed by atoms with Gasteiger partial charge in [0.1, 0.15) is 10.7 Å². The van der Waals surface area contributed by atoms with Gasteiger partial charge in [-0.3, -0.25) is 4.79 Å². The largest absolute Gasteiger partial charge is 0.451 e. The van der Waals surface area contributed by atoms with Crippen LogP contribution >= 0.6 is 23.1 Å². The summed E-state index contributed by atoms with van der Waals surface area (Å²) in [5.74, 6) is -0.428. The standard InChI is InChI=1S/C15H14F3N5OS2/c1-23-13(15(16,17)18)21-22-14(23)25-6-9-19-11(24)10-7-4-2-3-5-8(7)26-12(10)20-9/h2-6H2,1H3,(H,19,20,24). The summed E-state index contributed by atoms with van der Waals surface area (Å²) in [6.07, 6.45) is -0.494. The molecule has 0 spiro atoms. The molecule has 1 N–H and O–H groups in total. The van der Waals surface area contributed by atoms with Gasteiger partial charge in [0.2, 0.25) is 5.82 Å². The van der Waals surface area contributed by atoms with Crippen molar-refractivity contribution in [2.45, 2.75) is 42.8 Å². The van der Waals surface area contributed by atoms with Crippen molar-refractivity contribution in [3.05, 3.63) is 32.4 Å². The van der Waals surface area contributed by atoms with Crippen LogP contribution in [0.15, 0.2) is 9.95 Å². The van der Waals surface area contributed by atoms with E-state index >= 15 is 0 Å². The van der Waals surface area contributed by atoms with Gasteiger partial charge in [0.25, 0.3) is 5.56 Å². The molecule has 1 aliphatic rings. The van der Waals surface area contributed by atoms with Crippen LogP contribution in [0.5, 0.6) is 0 Å². The number of nitrogens with zero attached hydrogens (tertiary/aromatic N) is 4. The Balaban J connectivity index is 1.61. The van der Waals surface area contributed by atoms with Crippen molar-refractivity contribution in [3.63, 3.8) is 0 Å². The summed E-state index contributed by atoms with van der Waals surface area (Å²) < 4.78 is 39.2. The van der Waals surface area contributed by atoms with E-state index in [4.69, 9.17) is 0 Å². The van der Waals surface area contributed by atoms with Crippen LogP contribution in [0.2, 0.25) is 0 Å². The molecule has 3 heterocycles. The lowest BCUT2D eigenvalue weighted by Gasteiger charge is -2.09. The Hall–Kier alpha value is -1.88. The number of thiophene rings is 1. The molecule has 0 radical (unpaired) electrons. The molecule has 0 fully saturated rings. The van der Waals surface area contributed by atoms with E-state index in [-0.39, 0.29) is 16.5 Å². The number of H-pyrrole nitrogens is 1. The smallest absolute Gasteiger partial charge is 0.309 e. The number of hydrogen-bond donors (Lipinski definition) is 1. The van der Waals surface area contributed by atoms with Crippen molar-refractivity contribution < 1.29 is 13.2 Å². The predicted octanol–water partition coefficient (Wildman–Crippen LogP) is 3.30. The highest BCUT2D eigenvalue weighted by molar-refractivity contribution is 7.98. The molecule has 0 saturated heterocycles. The minimum atomic E-state index is -4.55. The lowest BCUT2D eigenvalue weighted by Crippen LogP contribution is -2.13. The Morgan fingerprint density at radius 1 is 1.27 bits per heavy atom. The lowest BCUT2D eigenvalue weighted by atomic mass is 9.97. The highest BCUT2D eigenvalue weighted by Gasteiger charge is 2.37. The van der Waals surface area contributed by atoms with Gasteiger partial charge < -0.3 is 9.55 Å². The minimum Gasteiger partial charge on any atom is -0.309 e. The van der Waals surface area contributed by atoms with Crippen LogP contribution in [0.1, 0.15) is 34.9 Å². The van der Waals surface area contributed by atoms with Crippen molar-refractivity contribution in [1.29, 1.82) is 0 Å². The normalized spacial score (nSPS) is 14.8. The molecular weight excluding hydrogens is 387 g/mol. The third-order valence-electron chi connectivity index (χ3n) is 4.30. The molecule has 0 atom stereocenters. The van der Waals surface area contributed by atoms with Crippen LogP contribution in [-0.2, 0) is 31.8 Å². The van der Waals surface area contributed by atoms with E-state index in [9.17, 15) is 18.0 Å². The van der Waals surface area contributed by atoms with Crippen molar-refractivity contribution >= 4 is 33.3 Å². The molecule has 6 nitrogen and oxygen atoms in total. The Labute approximate surface area is 153 Å². The van der Waals surface area contributed by atoms with Gasteiger partial charge in [-0.15, -0.1) is 21.5 Å². The van der Waals surface area contributed by atoms with E-state index < -0.39 is 12.0 Å². The molecule has 0 saturated carbocycles. The zero-order chi connectivity index (χ0) is 18.5. The van der Waals surface area contributed by atoms with E-state index in [0.717, 1.165) is 47.6 Å². The molecule has 11 heteroatoms. The molecule has 0 bridgehead atoms. The molecule has 0 aliphatic heterocycles. The maximum Gasteiger partial charge on any atom is 0.451 e. The average molecular weight is 401 g/mol. The molecule has 0 amide bonds. The number of aromatic nitrogens is 5. The maximum atomic E-state index is 12.8. The minimum absolute atomic E-state index is 0.116. The van der Waals surface area contributed by atoms with Gasteiger partial charge in [0, 0.05) is 11.9 Å². The summed E-state index contributed by atoms with van der Waals surface area (Å²) in [5, 5.41) is 7.54. The number of fused-ring (bicyclic) bond motifs is 3. The van der Waals surface area contributed by atoms with Crippen LogP contribution < -0.4 is 5.56 Å². The lowest BCUT2D eigenvalue weighted by molar-refractivity contribution is -0.147. The molecule has 1 aliphatic carbocycles. The summed E-state index contributed by atoms with van der Waals surface area (Å²) in [6.45, 7) is 0. The summed E-state index contributed by atoms with van der Waals surface area (Å²) in [5.41, 5.74) is 0.922. The molecule has 26 heavy (non-hydrogen) atoms. The number of halogens is 3. The first-order valence-electron chi connectivity index (χ1n) is 7.97. The second kappa shape index (κ2) is 6.38. The molecule has 0 unspecified atom stereocenters. The van der Waals surface area contributed by atoms with E-state index in [1.54, 1.807) is 0 Å². The van der Waals surface area contributed by atoms with Gasteiger partial charge in [-0.1, -0.05) is 11.8 Å². The number of aryl methyl sites for hydroxylation is 2. The Kier molecular flexibility index (Phi) is 4.30. The zero-order valence-electron chi connectivity index (χ0n) is 13.7. The average Bonchev–Trinajstić information content (AvgIpc) is 3.13. The molecule has 138 valence electrons. The molecule has 0 aromatic carbocycles. The summed E-state index contributed by atoms with van der Waals surface area (Å²) in [4.78, 5) is 21.6. The first-order valence-corrected chi connectivity index (χ1v) is 9.77. The second-order valence-electron chi connectivity index (χ2n) is 6.06. The predicted molar refractivity (Wildman–Crippen MR) is 92.4 cm³/mol. The number of rotatable bonds is 3. The number of nitrogens with one attached hydrogen (secondary N) is 1. The van der Waals surface area contributed by atoms with Crippen molar-refractivity contribution in [2.75, 3.05) is 0 Å². The van der Waals surface area contributed by atoms with E-state index in [2.05, 4.69) is 20.2 Å².